The summed E-state index contributed by atoms with van der Waals surface area (Å²) in [7, 11) is 1.56. The fraction of sp³-hybridized carbons (Fsp3) is 0.167. The number of aromatic hydroxyl groups is 1. The SMILES string of the molecule is COc1ncccc1-c1ccc(O)c(-c2nc3cc(C(=O)NCCCc4nnn[nH]4)ccc3[nH]2)c1. The summed E-state index contributed by atoms with van der Waals surface area (Å²) < 4.78 is 5.37. The van der Waals surface area contributed by atoms with Crippen LogP contribution in [0.1, 0.15) is 22.6 Å². The Morgan fingerprint density at radius 3 is 2.89 bits per heavy atom. The molecule has 0 atom stereocenters. The van der Waals surface area contributed by atoms with Gasteiger partial charge >= 0.3 is 0 Å². The van der Waals surface area contributed by atoms with E-state index in [1.165, 1.54) is 0 Å². The van der Waals surface area contributed by atoms with Crippen molar-refractivity contribution in [2.45, 2.75) is 12.8 Å². The van der Waals surface area contributed by atoms with Crippen molar-refractivity contribution >= 4 is 16.9 Å². The molecule has 176 valence electrons. The van der Waals surface area contributed by atoms with Crippen LogP contribution in [0.4, 0.5) is 0 Å². The van der Waals surface area contributed by atoms with Gasteiger partial charge in [-0.3, -0.25) is 4.79 Å². The van der Waals surface area contributed by atoms with E-state index >= 15 is 0 Å². The largest absolute Gasteiger partial charge is 0.507 e. The highest BCUT2D eigenvalue weighted by molar-refractivity contribution is 5.97. The molecule has 0 radical (unpaired) electrons. The van der Waals surface area contributed by atoms with Gasteiger partial charge in [-0.15, -0.1) is 5.10 Å². The molecule has 4 N–H and O–H groups in total. The van der Waals surface area contributed by atoms with Gasteiger partial charge in [0.2, 0.25) is 5.88 Å². The van der Waals surface area contributed by atoms with Gasteiger partial charge in [0.25, 0.3) is 5.91 Å². The lowest BCUT2D eigenvalue weighted by molar-refractivity contribution is 0.0953. The lowest BCUT2D eigenvalue weighted by Crippen LogP contribution is -2.24. The van der Waals surface area contributed by atoms with Crippen molar-refractivity contribution in [2.75, 3.05) is 13.7 Å². The topological polar surface area (TPSA) is 155 Å². The molecule has 0 spiro atoms. The number of carbonyl (C=O) groups is 1. The first-order chi connectivity index (χ1) is 17.1. The van der Waals surface area contributed by atoms with Crippen LogP contribution in [-0.4, -0.2) is 60.2 Å². The Morgan fingerprint density at radius 1 is 1.14 bits per heavy atom. The van der Waals surface area contributed by atoms with E-state index in [9.17, 15) is 9.90 Å². The molecule has 0 fully saturated rings. The number of ether oxygens (including phenoxy) is 1. The van der Waals surface area contributed by atoms with Crippen molar-refractivity contribution in [1.29, 1.82) is 0 Å². The second-order valence-electron chi connectivity index (χ2n) is 7.82. The molecule has 35 heavy (non-hydrogen) atoms. The van der Waals surface area contributed by atoms with Crippen molar-refractivity contribution < 1.29 is 14.6 Å². The number of aryl methyl sites for hydroxylation is 1. The van der Waals surface area contributed by atoms with Crippen LogP contribution in [0.15, 0.2) is 54.7 Å². The number of hydrogen-bond donors (Lipinski definition) is 4. The molecule has 2 aromatic carbocycles. The minimum absolute atomic E-state index is 0.0792. The zero-order valence-corrected chi connectivity index (χ0v) is 18.8. The average Bonchev–Trinajstić information content (AvgIpc) is 3.56. The third-order valence-corrected chi connectivity index (χ3v) is 5.54. The van der Waals surface area contributed by atoms with Crippen LogP contribution < -0.4 is 10.1 Å². The van der Waals surface area contributed by atoms with E-state index in [4.69, 9.17) is 4.74 Å². The number of aromatic nitrogens is 7. The van der Waals surface area contributed by atoms with Crippen LogP contribution in [0.5, 0.6) is 11.6 Å². The lowest BCUT2D eigenvalue weighted by atomic mass is 10.0. The van der Waals surface area contributed by atoms with E-state index in [1.807, 2.05) is 18.2 Å². The predicted octanol–water partition coefficient (Wildman–Crippen LogP) is 2.88. The average molecular weight is 470 g/mol. The van der Waals surface area contributed by atoms with E-state index < -0.39 is 0 Å². The fourth-order valence-corrected chi connectivity index (χ4v) is 3.79. The summed E-state index contributed by atoms with van der Waals surface area (Å²) in [6.07, 6.45) is 3.00. The number of carbonyl (C=O) groups excluding carboxylic acids is 1. The minimum Gasteiger partial charge on any atom is -0.507 e. The second-order valence-corrected chi connectivity index (χ2v) is 7.82. The van der Waals surface area contributed by atoms with Crippen LogP contribution in [0, 0.1) is 0 Å². The normalized spacial score (nSPS) is 11.0. The van der Waals surface area contributed by atoms with Gasteiger partial charge in [0, 0.05) is 30.3 Å². The Morgan fingerprint density at radius 2 is 2.06 bits per heavy atom. The summed E-state index contributed by atoms with van der Waals surface area (Å²) in [6.45, 7) is 0.488. The molecule has 5 rings (SSSR count). The summed E-state index contributed by atoms with van der Waals surface area (Å²) in [5.41, 5.74) is 4.00. The van der Waals surface area contributed by atoms with E-state index in [1.54, 1.807) is 43.6 Å². The first-order valence-electron chi connectivity index (χ1n) is 11.0. The summed E-state index contributed by atoms with van der Waals surface area (Å²) >= 11 is 0. The van der Waals surface area contributed by atoms with Crippen molar-refractivity contribution in [3.63, 3.8) is 0 Å². The van der Waals surface area contributed by atoms with E-state index in [-0.39, 0.29) is 11.7 Å². The Hall–Kier alpha value is -4.80. The monoisotopic (exact) mass is 470 g/mol. The quantitative estimate of drug-likeness (QED) is 0.252. The molecule has 11 nitrogen and oxygen atoms in total. The molecule has 0 unspecified atom stereocenters. The highest BCUT2D eigenvalue weighted by atomic mass is 16.5. The Bertz CT molecular complexity index is 1480. The lowest BCUT2D eigenvalue weighted by Gasteiger charge is -2.09. The van der Waals surface area contributed by atoms with Crippen molar-refractivity contribution in [3.05, 3.63) is 66.1 Å². The van der Waals surface area contributed by atoms with E-state index in [0.29, 0.717) is 53.6 Å². The smallest absolute Gasteiger partial charge is 0.251 e. The van der Waals surface area contributed by atoms with Gasteiger partial charge in [-0.05, 0) is 64.9 Å². The number of H-pyrrole nitrogens is 2. The van der Waals surface area contributed by atoms with Crippen LogP contribution in [-0.2, 0) is 6.42 Å². The van der Waals surface area contributed by atoms with Gasteiger partial charge in [-0.1, -0.05) is 6.07 Å². The Labute approximate surface area is 199 Å². The second kappa shape index (κ2) is 9.59. The number of imidazole rings is 1. The zero-order chi connectivity index (χ0) is 24.2. The number of rotatable bonds is 8. The molecule has 1 amide bonds. The van der Waals surface area contributed by atoms with Gasteiger partial charge in [0.15, 0.2) is 0 Å². The number of nitrogens with one attached hydrogen (secondary N) is 3. The highest BCUT2D eigenvalue weighted by Crippen LogP contribution is 2.35. The molecule has 3 heterocycles. The number of phenols is 1. The van der Waals surface area contributed by atoms with Gasteiger partial charge < -0.3 is 20.1 Å². The third kappa shape index (κ3) is 4.64. The fourth-order valence-electron chi connectivity index (χ4n) is 3.79. The van der Waals surface area contributed by atoms with Crippen molar-refractivity contribution in [1.82, 2.24) is 40.9 Å². The highest BCUT2D eigenvalue weighted by Gasteiger charge is 2.15. The van der Waals surface area contributed by atoms with Crippen LogP contribution >= 0.6 is 0 Å². The minimum atomic E-state index is -0.194. The standard InChI is InChI=1S/C24H22N8O3/c1-35-24-16(4-2-11-26-24)14-7-9-20(33)17(12-14)22-27-18-8-6-15(13-19(18)28-22)23(34)25-10-3-5-21-29-31-32-30-21/h2,4,6-9,11-13,33H,3,5,10H2,1H3,(H,25,34)(H,27,28)(H,29,30,31,32). The summed E-state index contributed by atoms with van der Waals surface area (Å²) in [5.74, 6) is 1.54. The molecular weight excluding hydrogens is 448 g/mol. The molecule has 0 bridgehead atoms. The number of nitrogens with zero attached hydrogens (tertiary/aromatic N) is 5. The molecular formula is C24H22N8O3. The number of phenolic OH excluding ortho intramolecular Hbond substituents is 1. The molecule has 5 aromatic rings. The Kier molecular flexibility index (Phi) is 6.03. The van der Waals surface area contributed by atoms with Gasteiger partial charge in [-0.25, -0.2) is 15.1 Å². The van der Waals surface area contributed by atoms with Crippen LogP contribution in [0.3, 0.4) is 0 Å². The molecule has 3 aromatic heterocycles. The van der Waals surface area contributed by atoms with Crippen LogP contribution in [0.2, 0.25) is 0 Å². The number of methoxy groups -OCH3 is 1. The van der Waals surface area contributed by atoms with Gasteiger partial charge in [0.1, 0.15) is 17.4 Å². The van der Waals surface area contributed by atoms with E-state index in [2.05, 4.69) is 40.9 Å². The number of aromatic amines is 2. The molecule has 0 saturated carbocycles. The number of amides is 1. The summed E-state index contributed by atoms with van der Waals surface area (Å²) in [5, 5.41) is 27.0. The predicted molar refractivity (Wildman–Crippen MR) is 128 cm³/mol. The Balaban J connectivity index is 1.36. The maximum absolute atomic E-state index is 12.6. The number of fused-ring (bicyclic) bond motifs is 1. The number of tetrazole rings is 1. The summed E-state index contributed by atoms with van der Waals surface area (Å²) in [6, 6.07) is 14.2. The van der Waals surface area contributed by atoms with Crippen LogP contribution in [0.25, 0.3) is 33.5 Å². The molecule has 0 aliphatic rings. The molecule has 0 saturated heterocycles. The zero-order valence-electron chi connectivity index (χ0n) is 18.8. The van der Waals surface area contributed by atoms with Gasteiger partial charge in [0.05, 0.1) is 23.7 Å². The number of hydrogen-bond acceptors (Lipinski definition) is 8. The number of pyridine rings is 1. The van der Waals surface area contributed by atoms with Gasteiger partial charge in [-0.2, -0.15) is 0 Å². The number of benzene rings is 2. The summed E-state index contributed by atoms with van der Waals surface area (Å²) in [4.78, 5) is 24.7. The third-order valence-electron chi connectivity index (χ3n) is 5.54. The molecule has 0 aliphatic carbocycles. The first-order valence-corrected chi connectivity index (χ1v) is 11.0. The van der Waals surface area contributed by atoms with E-state index in [0.717, 1.165) is 16.6 Å². The molecule has 11 heteroatoms. The van der Waals surface area contributed by atoms with Crippen molar-refractivity contribution in [3.8, 4) is 34.1 Å². The maximum Gasteiger partial charge on any atom is 0.251 e. The van der Waals surface area contributed by atoms with Crippen molar-refractivity contribution in [2.24, 2.45) is 0 Å². The maximum atomic E-state index is 12.6. The molecule has 0 aliphatic heterocycles. The first kappa shape index (κ1) is 22.0.